The lowest BCUT2D eigenvalue weighted by molar-refractivity contribution is -0.123. The minimum Gasteiger partial charge on any atom is -0.484 e. The molecule has 0 fully saturated rings. The summed E-state index contributed by atoms with van der Waals surface area (Å²) in [5.74, 6) is 0.171. The van der Waals surface area contributed by atoms with Gasteiger partial charge in [0.15, 0.2) is 6.61 Å². The predicted octanol–water partition coefficient (Wildman–Crippen LogP) is 2.40. The second-order valence-electron chi connectivity index (χ2n) is 4.63. The Kier molecular flexibility index (Phi) is 5.27. The Hall–Kier alpha value is -3.13. The van der Waals surface area contributed by atoms with Gasteiger partial charge in [0.1, 0.15) is 5.75 Å². The van der Waals surface area contributed by atoms with Gasteiger partial charge in [0, 0.05) is 0 Å². The van der Waals surface area contributed by atoms with Crippen LogP contribution in [0.4, 0.5) is 0 Å². The third-order valence-corrected chi connectivity index (χ3v) is 2.80. The lowest BCUT2D eigenvalue weighted by atomic mass is 10.2. The minimum atomic E-state index is -0.353. The van der Waals surface area contributed by atoms with Gasteiger partial charge in [-0.2, -0.15) is 10.4 Å². The summed E-state index contributed by atoms with van der Waals surface area (Å²) in [5, 5.41) is 12.6. The lowest BCUT2D eigenvalue weighted by Crippen LogP contribution is -2.24. The Morgan fingerprint density at radius 3 is 2.77 bits per heavy atom. The normalized spacial score (nSPS) is 10.2. The monoisotopic (exact) mass is 293 g/mol. The van der Waals surface area contributed by atoms with Crippen molar-refractivity contribution in [3.05, 3.63) is 65.2 Å². The molecule has 1 amide bonds. The molecular formula is C17H15N3O2. The van der Waals surface area contributed by atoms with Gasteiger partial charge >= 0.3 is 0 Å². The summed E-state index contributed by atoms with van der Waals surface area (Å²) < 4.78 is 5.29. The Labute approximate surface area is 128 Å². The first-order valence-electron chi connectivity index (χ1n) is 6.69. The first-order chi connectivity index (χ1) is 10.7. The first kappa shape index (κ1) is 15.3. The maximum Gasteiger partial charge on any atom is 0.277 e. The predicted molar refractivity (Wildman–Crippen MR) is 83.6 cm³/mol. The summed E-state index contributed by atoms with van der Waals surface area (Å²) in [7, 11) is 0. The number of rotatable bonds is 5. The van der Waals surface area contributed by atoms with Crippen LogP contribution in [0.3, 0.4) is 0 Å². The van der Waals surface area contributed by atoms with E-state index in [1.807, 2.05) is 37.3 Å². The second kappa shape index (κ2) is 7.60. The van der Waals surface area contributed by atoms with E-state index in [1.165, 1.54) is 0 Å². The number of benzene rings is 2. The molecule has 2 rings (SSSR count). The average Bonchev–Trinajstić information content (AvgIpc) is 2.53. The maximum atomic E-state index is 11.6. The number of hydrazone groups is 1. The van der Waals surface area contributed by atoms with Gasteiger partial charge in [-0.1, -0.05) is 29.8 Å². The number of carbonyl (C=O) groups excluding carboxylic acids is 1. The Morgan fingerprint density at radius 2 is 2.09 bits per heavy atom. The molecule has 0 aliphatic rings. The second-order valence-corrected chi connectivity index (χ2v) is 4.63. The fourth-order valence-electron chi connectivity index (χ4n) is 1.74. The number of nitrogens with zero attached hydrogens (tertiary/aromatic N) is 2. The van der Waals surface area contributed by atoms with Gasteiger partial charge in [-0.15, -0.1) is 0 Å². The van der Waals surface area contributed by atoms with Crippen molar-refractivity contribution in [3.8, 4) is 11.8 Å². The first-order valence-corrected chi connectivity index (χ1v) is 6.69. The van der Waals surface area contributed by atoms with Crippen molar-refractivity contribution in [1.29, 1.82) is 5.26 Å². The van der Waals surface area contributed by atoms with E-state index in [9.17, 15) is 4.79 Å². The standard InChI is InChI=1S/C17H15N3O2/c1-13-3-2-4-15(9-13)11-19-20-17(21)12-22-16-7-5-14(10-18)6-8-16/h2-9,11H,12H2,1H3,(H,20,21)/b19-11+. The molecule has 0 atom stereocenters. The van der Waals surface area contributed by atoms with Gasteiger partial charge in [0.05, 0.1) is 17.8 Å². The molecule has 2 aromatic carbocycles. The van der Waals surface area contributed by atoms with E-state index in [4.69, 9.17) is 10.00 Å². The zero-order valence-corrected chi connectivity index (χ0v) is 12.1. The van der Waals surface area contributed by atoms with Crippen LogP contribution in [0, 0.1) is 18.3 Å². The highest BCUT2D eigenvalue weighted by Gasteiger charge is 2.01. The Morgan fingerprint density at radius 1 is 1.32 bits per heavy atom. The van der Waals surface area contributed by atoms with Crippen LogP contribution in [-0.2, 0) is 4.79 Å². The Bertz CT molecular complexity index is 715. The van der Waals surface area contributed by atoms with E-state index in [2.05, 4.69) is 10.5 Å². The van der Waals surface area contributed by atoms with Crippen molar-refractivity contribution >= 4 is 12.1 Å². The fraction of sp³-hybridized carbons (Fsp3) is 0.118. The van der Waals surface area contributed by atoms with Crippen LogP contribution in [0.1, 0.15) is 16.7 Å². The van der Waals surface area contributed by atoms with Crippen molar-refractivity contribution in [2.24, 2.45) is 5.10 Å². The van der Waals surface area contributed by atoms with Crippen LogP contribution in [0.25, 0.3) is 0 Å². The van der Waals surface area contributed by atoms with E-state index < -0.39 is 0 Å². The lowest BCUT2D eigenvalue weighted by Gasteiger charge is -2.04. The third kappa shape index (κ3) is 4.76. The van der Waals surface area contributed by atoms with E-state index in [0.717, 1.165) is 11.1 Å². The van der Waals surface area contributed by atoms with Gasteiger partial charge in [-0.05, 0) is 36.8 Å². The Balaban J connectivity index is 1.79. The van der Waals surface area contributed by atoms with Crippen LogP contribution in [-0.4, -0.2) is 18.7 Å². The number of aryl methyl sites for hydroxylation is 1. The molecule has 5 heteroatoms. The molecule has 0 unspecified atom stereocenters. The van der Waals surface area contributed by atoms with E-state index in [1.54, 1.807) is 30.5 Å². The fourth-order valence-corrected chi connectivity index (χ4v) is 1.74. The molecule has 0 spiro atoms. The molecule has 0 aliphatic heterocycles. The van der Waals surface area contributed by atoms with Crippen LogP contribution >= 0.6 is 0 Å². The number of nitrogens with one attached hydrogen (secondary N) is 1. The van der Waals surface area contributed by atoms with Crippen molar-refractivity contribution in [2.75, 3.05) is 6.61 Å². The zero-order chi connectivity index (χ0) is 15.8. The van der Waals surface area contributed by atoms with Gasteiger partial charge < -0.3 is 4.74 Å². The highest BCUT2D eigenvalue weighted by Crippen LogP contribution is 2.11. The number of hydrogen-bond acceptors (Lipinski definition) is 4. The van der Waals surface area contributed by atoms with Crippen molar-refractivity contribution in [1.82, 2.24) is 5.43 Å². The molecule has 1 N–H and O–H groups in total. The summed E-state index contributed by atoms with van der Waals surface area (Å²) in [6.45, 7) is 1.85. The molecule has 2 aromatic rings. The van der Waals surface area contributed by atoms with Gasteiger partial charge in [-0.3, -0.25) is 4.79 Å². The molecule has 0 saturated carbocycles. The minimum absolute atomic E-state index is 0.142. The van der Waals surface area contributed by atoms with Crippen LogP contribution in [0.15, 0.2) is 53.6 Å². The molecule has 0 heterocycles. The molecule has 0 aliphatic carbocycles. The van der Waals surface area contributed by atoms with Crippen molar-refractivity contribution < 1.29 is 9.53 Å². The third-order valence-electron chi connectivity index (χ3n) is 2.80. The summed E-state index contributed by atoms with van der Waals surface area (Å²) >= 11 is 0. The van der Waals surface area contributed by atoms with E-state index in [-0.39, 0.29) is 12.5 Å². The average molecular weight is 293 g/mol. The van der Waals surface area contributed by atoms with E-state index >= 15 is 0 Å². The summed E-state index contributed by atoms with van der Waals surface area (Å²) in [6, 6.07) is 16.3. The van der Waals surface area contributed by atoms with Crippen LogP contribution < -0.4 is 10.2 Å². The van der Waals surface area contributed by atoms with Gasteiger partial charge in [0.25, 0.3) is 5.91 Å². The number of nitriles is 1. The topological polar surface area (TPSA) is 74.5 Å². The molecule has 0 aromatic heterocycles. The number of carbonyl (C=O) groups is 1. The summed E-state index contributed by atoms with van der Waals surface area (Å²) in [4.78, 5) is 11.6. The SMILES string of the molecule is Cc1cccc(/C=N/NC(=O)COc2ccc(C#N)cc2)c1. The maximum absolute atomic E-state index is 11.6. The van der Waals surface area contributed by atoms with Crippen LogP contribution in [0.5, 0.6) is 5.75 Å². The van der Waals surface area contributed by atoms with Crippen LogP contribution in [0.2, 0.25) is 0 Å². The number of amides is 1. The largest absolute Gasteiger partial charge is 0.484 e. The van der Waals surface area contributed by atoms with E-state index in [0.29, 0.717) is 11.3 Å². The zero-order valence-electron chi connectivity index (χ0n) is 12.1. The van der Waals surface area contributed by atoms with Gasteiger partial charge in [0.2, 0.25) is 0 Å². The van der Waals surface area contributed by atoms with Crippen molar-refractivity contribution in [2.45, 2.75) is 6.92 Å². The van der Waals surface area contributed by atoms with Crippen molar-refractivity contribution in [3.63, 3.8) is 0 Å². The molecule has 0 saturated heterocycles. The molecule has 110 valence electrons. The summed E-state index contributed by atoms with van der Waals surface area (Å²) in [5.41, 5.74) is 4.97. The molecule has 0 radical (unpaired) electrons. The molecule has 0 bridgehead atoms. The summed E-state index contributed by atoms with van der Waals surface area (Å²) in [6.07, 6.45) is 1.58. The highest BCUT2D eigenvalue weighted by molar-refractivity contribution is 5.83. The van der Waals surface area contributed by atoms with Gasteiger partial charge in [-0.25, -0.2) is 5.43 Å². The molecule has 5 nitrogen and oxygen atoms in total. The smallest absolute Gasteiger partial charge is 0.277 e. The molecule has 22 heavy (non-hydrogen) atoms. The molecular weight excluding hydrogens is 278 g/mol. The highest BCUT2D eigenvalue weighted by atomic mass is 16.5. The quantitative estimate of drug-likeness (QED) is 0.679. The number of hydrogen-bond donors (Lipinski definition) is 1. The number of ether oxygens (including phenoxy) is 1.